The summed E-state index contributed by atoms with van der Waals surface area (Å²) in [6.45, 7) is 1.78. The number of nitrogens with one attached hydrogen (secondary N) is 1. The number of anilines is 1. The number of nitrogens with zero attached hydrogens (tertiary/aromatic N) is 1. The third-order valence-corrected chi connectivity index (χ3v) is 3.45. The third-order valence-electron chi connectivity index (χ3n) is 2.92. The Labute approximate surface area is 136 Å². The highest BCUT2D eigenvalue weighted by molar-refractivity contribution is 9.10. The molecule has 0 bridgehead atoms. The second-order valence-corrected chi connectivity index (χ2v) is 5.46. The molecule has 22 heavy (non-hydrogen) atoms. The number of carbonyl (C=O) groups excluding carboxylic acids is 2. The molecule has 2 aromatic rings. The van der Waals surface area contributed by atoms with E-state index < -0.39 is 12.1 Å². The Morgan fingerprint density at radius 3 is 2.59 bits per heavy atom. The molecule has 0 aliphatic rings. The molecule has 0 aliphatic heterocycles. The van der Waals surface area contributed by atoms with Crippen molar-refractivity contribution in [3.05, 3.63) is 58.8 Å². The molecule has 1 unspecified atom stereocenters. The van der Waals surface area contributed by atoms with Gasteiger partial charge in [0.25, 0.3) is 5.91 Å². The second-order valence-electron chi connectivity index (χ2n) is 4.54. The van der Waals surface area contributed by atoms with Gasteiger partial charge in [0.05, 0.1) is 5.56 Å². The van der Waals surface area contributed by atoms with Crippen LogP contribution in [0.1, 0.15) is 23.7 Å². The first-order valence-electron chi connectivity index (χ1n) is 6.77. The van der Waals surface area contributed by atoms with E-state index in [1.54, 1.807) is 37.4 Å². The molecule has 1 atom stereocenters. The minimum atomic E-state index is -0.851. The molecule has 1 heterocycles. The third kappa shape index (κ3) is 4.39. The Hall–Kier alpha value is -2.21. The van der Waals surface area contributed by atoms with Crippen molar-refractivity contribution in [3.8, 4) is 0 Å². The van der Waals surface area contributed by atoms with Crippen LogP contribution in [0.15, 0.2) is 53.3 Å². The Bertz CT molecular complexity index is 644. The van der Waals surface area contributed by atoms with Crippen LogP contribution in [-0.4, -0.2) is 23.0 Å². The molecule has 1 aromatic heterocycles. The van der Waals surface area contributed by atoms with Gasteiger partial charge in [0.2, 0.25) is 0 Å². The van der Waals surface area contributed by atoms with E-state index in [1.807, 2.05) is 12.1 Å². The fraction of sp³-hybridized carbons (Fsp3) is 0.188. The number of rotatable bonds is 5. The molecular weight excluding hydrogens is 348 g/mol. The van der Waals surface area contributed by atoms with Gasteiger partial charge in [0.15, 0.2) is 6.10 Å². The lowest BCUT2D eigenvalue weighted by Crippen LogP contribution is -2.32. The van der Waals surface area contributed by atoms with Crippen LogP contribution in [0.3, 0.4) is 0 Å². The van der Waals surface area contributed by atoms with Crippen LogP contribution in [0.4, 0.5) is 5.69 Å². The van der Waals surface area contributed by atoms with Crippen molar-refractivity contribution in [2.45, 2.75) is 19.4 Å². The zero-order valence-electron chi connectivity index (χ0n) is 12.0. The SMILES string of the molecule is CCC(OC(=O)c1cccnc1)C(=O)Nc1ccc(Br)cc1. The summed E-state index contributed by atoms with van der Waals surface area (Å²) >= 11 is 3.32. The second kappa shape index (κ2) is 7.70. The average molecular weight is 363 g/mol. The fourth-order valence-electron chi connectivity index (χ4n) is 1.76. The predicted molar refractivity (Wildman–Crippen MR) is 86.5 cm³/mol. The summed E-state index contributed by atoms with van der Waals surface area (Å²) in [5.74, 6) is -0.923. The number of pyridine rings is 1. The highest BCUT2D eigenvalue weighted by Gasteiger charge is 2.22. The zero-order chi connectivity index (χ0) is 15.9. The van der Waals surface area contributed by atoms with Crippen LogP contribution >= 0.6 is 15.9 Å². The van der Waals surface area contributed by atoms with Gasteiger partial charge in [0, 0.05) is 22.6 Å². The lowest BCUT2D eigenvalue weighted by atomic mass is 10.2. The minimum absolute atomic E-state index is 0.317. The molecule has 114 valence electrons. The van der Waals surface area contributed by atoms with Crippen LogP contribution in [0.5, 0.6) is 0 Å². The molecule has 0 saturated heterocycles. The molecule has 0 aliphatic carbocycles. The first-order valence-corrected chi connectivity index (χ1v) is 7.57. The summed E-state index contributed by atoms with van der Waals surface area (Å²) in [6.07, 6.45) is 2.50. The molecule has 6 heteroatoms. The monoisotopic (exact) mass is 362 g/mol. The van der Waals surface area contributed by atoms with Crippen LogP contribution < -0.4 is 5.32 Å². The summed E-state index contributed by atoms with van der Waals surface area (Å²) < 4.78 is 6.16. The van der Waals surface area contributed by atoms with Crippen LogP contribution in [0.25, 0.3) is 0 Å². The maximum absolute atomic E-state index is 12.2. The van der Waals surface area contributed by atoms with Crippen LogP contribution in [0.2, 0.25) is 0 Å². The van der Waals surface area contributed by atoms with E-state index in [2.05, 4.69) is 26.2 Å². The first-order chi connectivity index (χ1) is 10.6. The molecule has 2 rings (SSSR count). The fourth-order valence-corrected chi connectivity index (χ4v) is 2.02. The average Bonchev–Trinajstić information content (AvgIpc) is 2.55. The summed E-state index contributed by atoms with van der Waals surface area (Å²) in [6, 6.07) is 10.4. The van der Waals surface area contributed by atoms with Gasteiger partial charge in [-0.1, -0.05) is 22.9 Å². The van der Waals surface area contributed by atoms with Crippen molar-refractivity contribution < 1.29 is 14.3 Å². The number of amides is 1. The molecule has 5 nitrogen and oxygen atoms in total. The smallest absolute Gasteiger partial charge is 0.340 e. The molecule has 0 saturated carbocycles. The van der Waals surface area contributed by atoms with Crippen molar-refractivity contribution in [1.29, 1.82) is 0 Å². The Morgan fingerprint density at radius 1 is 1.27 bits per heavy atom. The number of halogens is 1. The predicted octanol–water partition coefficient (Wildman–Crippen LogP) is 3.42. The van der Waals surface area contributed by atoms with Gasteiger partial charge in [0.1, 0.15) is 0 Å². The maximum Gasteiger partial charge on any atom is 0.340 e. The normalized spacial score (nSPS) is 11.5. The van der Waals surface area contributed by atoms with Gasteiger partial charge >= 0.3 is 5.97 Å². The Kier molecular flexibility index (Phi) is 5.66. The molecule has 0 spiro atoms. The number of hydrogen-bond acceptors (Lipinski definition) is 4. The lowest BCUT2D eigenvalue weighted by molar-refractivity contribution is -0.124. The van der Waals surface area contributed by atoms with Crippen molar-refractivity contribution in [3.63, 3.8) is 0 Å². The van der Waals surface area contributed by atoms with Crippen LogP contribution in [0, 0.1) is 0 Å². The molecular formula is C16H15BrN2O3. The Morgan fingerprint density at radius 2 is 2.00 bits per heavy atom. The number of carbonyl (C=O) groups is 2. The van der Waals surface area contributed by atoms with Gasteiger partial charge in [-0.15, -0.1) is 0 Å². The van der Waals surface area contributed by atoms with E-state index in [4.69, 9.17) is 4.74 Å². The number of hydrogen-bond donors (Lipinski definition) is 1. The zero-order valence-corrected chi connectivity index (χ0v) is 13.5. The lowest BCUT2D eigenvalue weighted by Gasteiger charge is -2.16. The summed E-state index contributed by atoms with van der Waals surface area (Å²) in [5.41, 5.74) is 0.960. The molecule has 0 radical (unpaired) electrons. The standard InChI is InChI=1S/C16H15BrN2O3/c1-2-14(22-16(21)11-4-3-9-18-10-11)15(20)19-13-7-5-12(17)6-8-13/h3-10,14H,2H2,1H3,(H,19,20). The van der Waals surface area contributed by atoms with E-state index in [1.165, 1.54) is 6.20 Å². The largest absolute Gasteiger partial charge is 0.449 e. The topological polar surface area (TPSA) is 68.3 Å². The molecule has 1 amide bonds. The van der Waals surface area contributed by atoms with Crippen molar-refractivity contribution in [1.82, 2.24) is 4.98 Å². The molecule has 0 fully saturated rings. The Balaban J connectivity index is 2.00. The number of ether oxygens (including phenoxy) is 1. The van der Waals surface area contributed by atoms with E-state index in [-0.39, 0.29) is 5.91 Å². The quantitative estimate of drug-likeness (QED) is 0.827. The van der Waals surface area contributed by atoms with E-state index in [9.17, 15) is 9.59 Å². The maximum atomic E-state index is 12.2. The van der Waals surface area contributed by atoms with Gasteiger partial charge in [-0.3, -0.25) is 9.78 Å². The van der Waals surface area contributed by atoms with E-state index in [0.717, 1.165) is 4.47 Å². The number of benzene rings is 1. The highest BCUT2D eigenvalue weighted by Crippen LogP contribution is 2.15. The van der Waals surface area contributed by atoms with Gasteiger partial charge in [-0.25, -0.2) is 4.79 Å². The van der Waals surface area contributed by atoms with Gasteiger partial charge in [-0.2, -0.15) is 0 Å². The minimum Gasteiger partial charge on any atom is -0.449 e. The van der Waals surface area contributed by atoms with E-state index >= 15 is 0 Å². The van der Waals surface area contributed by atoms with Gasteiger partial charge < -0.3 is 10.1 Å². The van der Waals surface area contributed by atoms with Crippen molar-refractivity contribution in [2.24, 2.45) is 0 Å². The number of aromatic nitrogens is 1. The van der Waals surface area contributed by atoms with Crippen molar-refractivity contribution >= 4 is 33.5 Å². The first kappa shape index (κ1) is 16.2. The van der Waals surface area contributed by atoms with Gasteiger partial charge in [-0.05, 0) is 42.8 Å². The summed E-state index contributed by atoms with van der Waals surface area (Å²) in [5, 5.41) is 2.72. The number of esters is 1. The summed E-state index contributed by atoms with van der Waals surface area (Å²) in [4.78, 5) is 28.0. The van der Waals surface area contributed by atoms with Crippen LogP contribution in [-0.2, 0) is 9.53 Å². The molecule has 1 aromatic carbocycles. The van der Waals surface area contributed by atoms with E-state index in [0.29, 0.717) is 17.7 Å². The van der Waals surface area contributed by atoms with Crippen molar-refractivity contribution in [2.75, 3.05) is 5.32 Å². The highest BCUT2D eigenvalue weighted by atomic mass is 79.9. The summed E-state index contributed by atoms with van der Waals surface area (Å²) in [7, 11) is 0. The molecule has 1 N–H and O–H groups in total.